The molecule has 26 heavy (non-hydrogen) atoms. The average molecular weight is 368 g/mol. The van der Waals surface area contributed by atoms with Gasteiger partial charge in [-0.05, 0) is 45.3 Å². The maximum atomic E-state index is 14.7. The van der Waals surface area contributed by atoms with Gasteiger partial charge in [0.05, 0.1) is 18.5 Å². The molecule has 0 radical (unpaired) electrons. The number of likely N-dealkylation sites (tertiary alicyclic amines) is 1. The van der Waals surface area contributed by atoms with Crippen molar-refractivity contribution in [3.63, 3.8) is 0 Å². The molecule has 1 saturated heterocycles. The molecule has 0 aromatic rings. The number of carbonyl (C=O) groups is 1. The quantitative estimate of drug-likeness (QED) is 0.430. The van der Waals surface area contributed by atoms with E-state index in [2.05, 4.69) is 0 Å². The van der Waals surface area contributed by atoms with Gasteiger partial charge in [0.1, 0.15) is 5.60 Å². The normalized spacial score (nSPS) is 23.7. The summed E-state index contributed by atoms with van der Waals surface area (Å²) in [7, 11) is 1.22. The van der Waals surface area contributed by atoms with Gasteiger partial charge in [-0.15, -0.1) is 0 Å². The van der Waals surface area contributed by atoms with Crippen molar-refractivity contribution < 1.29 is 23.6 Å². The lowest BCUT2D eigenvalue weighted by Gasteiger charge is -2.31. The maximum Gasteiger partial charge on any atom is 0.419 e. The second-order valence-corrected chi connectivity index (χ2v) is 7.44. The highest BCUT2D eigenvalue weighted by molar-refractivity contribution is 5.68. The molecule has 1 aliphatic heterocycles. The Kier molecular flexibility index (Phi) is 5.73. The number of halogens is 1. The molecule has 1 atom stereocenters. The summed E-state index contributed by atoms with van der Waals surface area (Å²) in [6, 6.07) is 0. The number of nitrogens with zero attached hydrogens (tertiary/aromatic N) is 2. The molecule has 0 aromatic heterocycles. The summed E-state index contributed by atoms with van der Waals surface area (Å²) in [5.74, 6) is -3.04. The molecular formula is C18H25FN2O5. The number of allylic oxidation sites excluding steroid dienone is 3. The topological polar surface area (TPSA) is 81.9 Å². The minimum absolute atomic E-state index is 0.301. The number of rotatable bonds is 3. The third-order valence-electron chi connectivity index (χ3n) is 4.22. The fraction of sp³-hybridized carbons (Fsp3) is 0.611. The summed E-state index contributed by atoms with van der Waals surface area (Å²) in [4.78, 5) is 23.9. The molecule has 144 valence electrons. The van der Waals surface area contributed by atoms with Crippen LogP contribution in [0.1, 0.15) is 40.0 Å². The molecule has 2 rings (SSSR count). The van der Waals surface area contributed by atoms with Crippen LogP contribution in [0.2, 0.25) is 0 Å². The molecule has 1 aliphatic carbocycles. The van der Waals surface area contributed by atoms with E-state index in [1.54, 1.807) is 17.1 Å². The number of methoxy groups -OCH3 is 1. The standard InChI is InChI=1S/C18H25FN2O5/c1-17(2,3)26-16(22)20-9-7-13(8-10-20)11-14-5-6-15(25-4)18(19,12-14)21(23)24/h5-6,11H,7-10,12H2,1-4H3. The van der Waals surface area contributed by atoms with Gasteiger partial charge >= 0.3 is 11.9 Å². The molecule has 0 saturated carbocycles. The van der Waals surface area contributed by atoms with E-state index < -0.39 is 16.3 Å². The summed E-state index contributed by atoms with van der Waals surface area (Å²) in [5.41, 5.74) is 1.01. The molecule has 1 unspecified atom stereocenters. The minimum Gasteiger partial charge on any atom is -0.491 e. The van der Waals surface area contributed by atoms with Crippen molar-refractivity contribution in [3.05, 3.63) is 45.2 Å². The second kappa shape index (κ2) is 7.47. The van der Waals surface area contributed by atoms with Crippen LogP contribution >= 0.6 is 0 Å². The summed E-state index contributed by atoms with van der Waals surface area (Å²) in [6.45, 7) is 6.45. The highest BCUT2D eigenvalue weighted by Gasteiger charge is 2.50. The molecular weight excluding hydrogens is 343 g/mol. The van der Waals surface area contributed by atoms with Crippen LogP contribution in [0.15, 0.2) is 35.1 Å². The number of ether oxygens (including phenoxy) is 2. The van der Waals surface area contributed by atoms with Crippen LogP contribution in [0.4, 0.5) is 9.18 Å². The van der Waals surface area contributed by atoms with E-state index >= 15 is 0 Å². The monoisotopic (exact) mass is 368 g/mol. The number of hydrogen-bond acceptors (Lipinski definition) is 5. The van der Waals surface area contributed by atoms with Crippen molar-refractivity contribution in [1.29, 1.82) is 0 Å². The molecule has 0 N–H and O–H groups in total. The van der Waals surface area contributed by atoms with Crippen LogP contribution < -0.4 is 0 Å². The van der Waals surface area contributed by atoms with Crippen LogP contribution in [0.3, 0.4) is 0 Å². The zero-order chi connectivity index (χ0) is 19.5. The largest absolute Gasteiger partial charge is 0.491 e. The van der Waals surface area contributed by atoms with Gasteiger partial charge in [0.2, 0.25) is 5.76 Å². The fourth-order valence-electron chi connectivity index (χ4n) is 2.91. The van der Waals surface area contributed by atoms with E-state index in [0.717, 1.165) is 5.57 Å². The van der Waals surface area contributed by atoms with Crippen LogP contribution in [0.25, 0.3) is 0 Å². The minimum atomic E-state index is -2.74. The first-order valence-corrected chi connectivity index (χ1v) is 8.51. The Hall–Kier alpha value is -2.38. The Labute approximate surface area is 152 Å². The number of piperidine rings is 1. The van der Waals surface area contributed by atoms with Gasteiger partial charge in [0, 0.05) is 13.1 Å². The smallest absolute Gasteiger partial charge is 0.419 e. The number of carbonyl (C=O) groups excluding carboxylic acids is 1. The molecule has 1 heterocycles. The fourth-order valence-corrected chi connectivity index (χ4v) is 2.91. The maximum absolute atomic E-state index is 14.7. The average Bonchev–Trinajstić information content (AvgIpc) is 2.54. The lowest BCUT2D eigenvalue weighted by molar-refractivity contribution is -0.597. The molecule has 2 aliphatic rings. The number of nitro groups is 1. The molecule has 1 fully saturated rings. The summed E-state index contributed by atoms with van der Waals surface area (Å²) < 4.78 is 24.8. The van der Waals surface area contributed by atoms with Gasteiger partial charge in [-0.3, -0.25) is 10.1 Å². The van der Waals surface area contributed by atoms with Gasteiger partial charge in [0.25, 0.3) is 0 Å². The predicted octanol–water partition coefficient (Wildman–Crippen LogP) is 3.75. The van der Waals surface area contributed by atoms with Crippen LogP contribution in [0, 0.1) is 10.1 Å². The van der Waals surface area contributed by atoms with Gasteiger partial charge in [0.15, 0.2) is 0 Å². The van der Waals surface area contributed by atoms with Crippen LogP contribution in [-0.4, -0.2) is 47.5 Å². The van der Waals surface area contributed by atoms with E-state index in [4.69, 9.17) is 9.47 Å². The van der Waals surface area contributed by atoms with Crippen molar-refractivity contribution >= 4 is 6.09 Å². The third kappa shape index (κ3) is 4.62. The SMILES string of the molecule is COC1=CC=C(C=C2CCN(C(=O)OC(C)(C)C)CC2)CC1(F)[N+](=O)[O-]. The Bertz CT molecular complexity index is 668. The highest BCUT2D eigenvalue weighted by Crippen LogP contribution is 2.35. The van der Waals surface area contributed by atoms with Gasteiger partial charge in [-0.2, -0.15) is 4.39 Å². The molecule has 1 amide bonds. The van der Waals surface area contributed by atoms with Crippen molar-refractivity contribution in [2.24, 2.45) is 0 Å². The molecule has 8 heteroatoms. The Morgan fingerprint density at radius 1 is 1.35 bits per heavy atom. The van der Waals surface area contributed by atoms with E-state index in [0.29, 0.717) is 31.5 Å². The van der Waals surface area contributed by atoms with E-state index in [1.165, 1.54) is 13.2 Å². The van der Waals surface area contributed by atoms with Crippen molar-refractivity contribution in [3.8, 4) is 0 Å². The Balaban J connectivity index is 2.02. The molecule has 0 spiro atoms. The molecule has 0 aromatic carbocycles. The van der Waals surface area contributed by atoms with E-state index in [-0.39, 0.29) is 18.3 Å². The van der Waals surface area contributed by atoms with Crippen LogP contribution in [-0.2, 0) is 9.47 Å². The van der Waals surface area contributed by atoms with E-state index in [1.807, 2.05) is 20.8 Å². The first-order chi connectivity index (χ1) is 12.0. The first kappa shape index (κ1) is 19.9. The van der Waals surface area contributed by atoms with Crippen molar-refractivity contribution in [1.82, 2.24) is 4.90 Å². The Morgan fingerprint density at radius 2 is 1.96 bits per heavy atom. The predicted molar refractivity (Wildman–Crippen MR) is 93.7 cm³/mol. The van der Waals surface area contributed by atoms with Crippen molar-refractivity contribution in [2.45, 2.75) is 51.4 Å². The third-order valence-corrected chi connectivity index (χ3v) is 4.22. The molecule has 0 bridgehead atoms. The zero-order valence-corrected chi connectivity index (χ0v) is 15.6. The first-order valence-electron chi connectivity index (χ1n) is 8.51. The van der Waals surface area contributed by atoms with Crippen molar-refractivity contribution in [2.75, 3.05) is 20.2 Å². The second-order valence-electron chi connectivity index (χ2n) is 7.44. The molecule has 7 nitrogen and oxygen atoms in total. The lowest BCUT2D eigenvalue weighted by Crippen LogP contribution is -2.40. The highest BCUT2D eigenvalue weighted by atomic mass is 19.1. The summed E-state index contributed by atoms with van der Waals surface area (Å²) >= 11 is 0. The number of alkyl halides is 1. The van der Waals surface area contributed by atoms with Gasteiger partial charge in [-0.25, -0.2) is 4.79 Å². The van der Waals surface area contributed by atoms with Gasteiger partial charge in [-0.1, -0.05) is 17.7 Å². The van der Waals surface area contributed by atoms with Gasteiger partial charge < -0.3 is 14.4 Å². The number of hydrogen-bond donors (Lipinski definition) is 0. The number of amides is 1. The summed E-state index contributed by atoms with van der Waals surface area (Å²) in [5, 5.41) is 11.1. The van der Waals surface area contributed by atoms with E-state index in [9.17, 15) is 19.3 Å². The zero-order valence-electron chi connectivity index (χ0n) is 15.6. The Morgan fingerprint density at radius 3 is 2.46 bits per heavy atom. The summed E-state index contributed by atoms with van der Waals surface area (Å²) in [6.07, 6.45) is 5.23. The van der Waals surface area contributed by atoms with Crippen LogP contribution in [0.5, 0.6) is 0 Å². The lowest BCUT2D eigenvalue weighted by atomic mass is 9.93.